The number of nitrogens with zero attached hydrogens (tertiary/aromatic N) is 3. The van der Waals surface area contributed by atoms with Crippen LogP contribution < -0.4 is 14.8 Å². The highest BCUT2D eigenvalue weighted by atomic mass is 79.9. The monoisotopic (exact) mass is 398 g/mol. The Morgan fingerprint density at radius 2 is 2.08 bits per heavy atom. The molecule has 0 fully saturated rings. The number of amides is 1. The number of aromatic nitrogens is 3. The molecule has 1 aromatic carbocycles. The molecule has 0 aliphatic rings. The van der Waals surface area contributed by atoms with Crippen molar-refractivity contribution in [2.45, 2.75) is 13.1 Å². The molecule has 1 heterocycles. The molecule has 128 valence electrons. The Morgan fingerprint density at radius 1 is 1.33 bits per heavy atom. The van der Waals surface area contributed by atoms with Gasteiger partial charge in [-0.3, -0.25) is 9.59 Å². The van der Waals surface area contributed by atoms with Crippen molar-refractivity contribution in [3.8, 4) is 11.5 Å². The lowest BCUT2D eigenvalue weighted by Crippen LogP contribution is -2.23. The van der Waals surface area contributed by atoms with Crippen LogP contribution in [-0.4, -0.2) is 46.2 Å². The van der Waals surface area contributed by atoms with Crippen LogP contribution in [0.25, 0.3) is 0 Å². The largest absolute Gasteiger partial charge is 0.493 e. The second kappa shape index (κ2) is 7.77. The molecule has 1 amide bonds. The lowest BCUT2D eigenvalue weighted by molar-refractivity contribution is -0.137. The zero-order valence-electron chi connectivity index (χ0n) is 12.9. The summed E-state index contributed by atoms with van der Waals surface area (Å²) >= 11 is 3.32. The number of carbonyl (C=O) groups is 2. The first-order valence-electron chi connectivity index (χ1n) is 6.75. The molecule has 0 spiro atoms. The Kier molecular flexibility index (Phi) is 5.74. The molecule has 24 heavy (non-hydrogen) atoms. The van der Waals surface area contributed by atoms with Gasteiger partial charge in [-0.2, -0.15) is 0 Å². The van der Waals surface area contributed by atoms with Crippen molar-refractivity contribution in [3.05, 3.63) is 34.1 Å². The van der Waals surface area contributed by atoms with Crippen molar-refractivity contribution in [2.24, 2.45) is 0 Å². The van der Waals surface area contributed by atoms with Gasteiger partial charge in [0.05, 0.1) is 31.4 Å². The van der Waals surface area contributed by atoms with Crippen molar-refractivity contribution in [2.75, 3.05) is 14.2 Å². The average Bonchev–Trinajstić information content (AvgIpc) is 2.98. The van der Waals surface area contributed by atoms with Gasteiger partial charge in [-0.05, 0) is 28.1 Å². The minimum Gasteiger partial charge on any atom is -0.493 e. The number of nitrogens with one attached hydrogen (secondary N) is 1. The molecule has 0 bridgehead atoms. The number of carbonyl (C=O) groups excluding carboxylic acids is 1. The Bertz CT molecular complexity index is 762. The third-order valence-electron chi connectivity index (χ3n) is 3.01. The van der Waals surface area contributed by atoms with Crippen molar-refractivity contribution >= 4 is 27.8 Å². The number of ether oxygens (including phenoxy) is 2. The van der Waals surface area contributed by atoms with Gasteiger partial charge < -0.3 is 19.9 Å². The zero-order chi connectivity index (χ0) is 17.7. The van der Waals surface area contributed by atoms with E-state index in [4.69, 9.17) is 14.6 Å². The Labute approximate surface area is 145 Å². The number of halogens is 1. The fourth-order valence-electron chi connectivity index (χ4n) is 1.96. The third kappa shape index (κ3) is 4.22. The minimum atomic E-state index is -1.02. The predicted molar refractivity (Wildman–Crippen MR) is 86.1 cm³/mol. The maximum atomic E-state index is 12.2. The third-order valence-corrected chi connectivity index (χ3v) is 3.60. The highest BCUT2D eigenvalue weighted by Gasteiger charge is 2.15. The van der Waals surface area contributed by atoms with Gasteiger partial charge in [0.2, 0.25) is 0 Å². The molecule has 0 aliphatic carbocycles. The van der Waals surface area contributed by atoms with E-state index in [1.54, 1.807) is 12.1 Å². The van der Waals surface area contributed by atoms with Gasteiger partial charge in [0.15, 0.2) is 11.5 Å². The van der Waals surface area contributed by atoms with E-state index < -0.39 is 5.97 Å². The normalized spacial score (nSPS) is 10.3. The summed E-state index contributed by atoms with van der Waals surface area (Å²) in [6, 6.07) is 3.16. The molecule has 9 nitrogen and oxygen atoms in total. The van der Waals surface area contributed by atoms with Gasteiger partial charge in [0, 0.05) is 5.56 Å². The summed E-state index contributed by atoms with van der Waals surface area (Å²) in [4.78, 5) is 22.8. The molecular weight excluding hydrogens is 384 g/mol. The smallest absolute Gasteiger partial charge is 0.325 e. The van der Waals surface area contributed by atoms with Gasteiger partial charge in [-0.25, -0.2) is 4.68 Å². The van der Waals surface area contributed by atoms with E-state index >= 15 is 0 Å². The summed E-state index contributed by atoms with van der Waals surface area (Å²) in [7, 11) is 2.98. The summed E-state index contributed by atoms with van der Waals surface area (Å²) < 4.78 is 12.2. The van der Waals surface area contributed by atoms with Crippen LogP contribution >= 0.6 is 15.9 Å². The summed E-state index contributed by atoms with van der Waals surface area (Å²) in [5, 5.41) is 18.8. The lowest BCUT2D eigenvalue weighted by Gasteiger charge is -2.11. The van der Waals surface area contributed by atoms with Gasteiger partial charge in [0.25, 0.3) is 5.91 Å². The van der Waals surface area contributed by atoms with Crippen LogP contribution in [0.4, 0.5) is 0 Å². The molecule has 0 unspecified atom stereocenters. The van der Waals surface area contributed by atoms with Crippen LogP contribution in [-0.2, 0) is 17.9 Å². The number of carboxylic acids is 1. The molecule has 0 aliphatic heterocycles. The Morgan fingerprint density at radius 3 is 2.71 bits per heavy atom. The lowest BCUT2D eigenvalue weighted by atomic mass is 10.2. The Balaban J connectivity index is 2.06. The first-order chi connectivity index (χ1) is 11.4. The van der Waals surface area contributed by atoms with Gasteiger partial charge in [-0.15, -0.1) is 5.10 Å². The maximum Gasteiger partial charge on any atom is 0.325 e. The van der Waals surface area contributed by atoms with Gasteiger partial charge in [0.1, 0.15) is 12.2 Å². The number of rotatable bonds is 7. The molecule has 0 saturated carbocycles. The van der Waals surface area contributed by atoms with Gasteiger partial charge in [-0.1, -0.05) is 5.21 Å². The van der Waals surface area contributed by atoms with Crippen LogP contribution in [0.2, 0.25) is 0 Å². The number of hydrogen-bond acceptors (Lipinski definition) is 6. The summed E-state index contributed by atoms with van der Waals surface area (Å²) in [5.41, 5.74) is 0.821. The summed E-state index contributed by atoms with van der Waals surface area (Å²) in [6.45, 7) is -0.173. The molecule has 2 aromatic rings. The first kappa shape index (κ1) is 17.7. The minimum absolute atomic E-state index is 0.115. The van der Waals surface area contributed by atoms with Crippen LogP contribution in [0.15, 0.2) is 22.8 Å². The highest BCUT2D eigenvalue weighted by Crippen LogP contribution is 2.36. The predicted octanol–water partition coefficient (Wildman–Crippen LogP) is 1.07. The van der Waals surface area contributed by atoms with Crippen molar-refractivity contribution in [1.29, 1.82) is 0 Å². The number of hydrogen-bond donors (Lipinski definition) is 2. The van der Waals surface area contributed by atoms with Crippen LogP contribution in [0, 0.1) is 0 Å². The number of aliphatic carboxylic acids is 1. The highest BCUT2D eigenvalue weighted by molar-refractivity contribution is 9.10. The SMILES string of the molecule is COc1cc(C(=O)NCc2cn(CC(=O)O)nn2)cc(Br)c1OC. The standard InChI is InChI=1S/C14H15BrN4O5/c1-23-11-4-8(3-10(15)13(11)24-2)14(22)16-5-9-6-19(18-17-9)7-12(20)21/h3-4,6H,5,7H2,1-2H3,(H,16,22)(H,20,21). The van der Waals surface area contributed by atoms with E-state index in [1.165, 1.54) is 25.1 Å². The molecule has 0 saturated heterocycles. The molecule has 2 rings (SSSR count). The van der Waals surface area contributed by atoms with Gasteiger partial charge >= 0.3 is 5.97 Å². The number of methoxy groups -OCH3 is 2. The number of carboxylic acid groups (broad SMARTS) is 1. The van der Waals surface area contributed by atoms with E-state index in [0.29, 0.717) is 27.2 Å². The first-order valence-corrected chi connectivity index (χ1v) is 7.54. The average molecular weight is 399 g/mol. The Hall–Kier alpha value is -2.62. The van der Waals surface area contributed by atoms with Crippen molar-refractivity contribution in [1.82, 2.24) is 20.3 Å². The topological polar surface area (TPSA) is 116 Å². The molecule has 0 atom stereocenters. The molecule has 0 radical (unpaired) electrons. The van der Waals surface area contributed by atoms with E-state index in [0.717, 1.165) is 0 Å². The van der Waals surface area contributed by atoms with E-state index in [1.807, 2.05) is 0 Å². The summed E-state index contributed by atoms with van der Waals surface area (Å²) in [6.07, 6.45) is 1.46. The quantitative estimate of drug-likeness (QED) is 0.716. The van der Waals surface area contributed by atoms with Crippen LogP contribution in [0.1, 0.15) is 16.1 Å². The van der Waals surface area contributed by atoms with Crippen molar-refractivity contribution in [3.63, 3.8) is 0 Å². The maximum absolute atomic E-state index is 12.2. The summed E-state index contributed by atoms with van der Waals surface area (Å²) in [5.74, 6) is -0.454. The fourth-order valence-corrected chi connectivity index (χ4v) is 2.56. The van der Waals surface area contributed by atoms with E-state index in [2.05, 4.69) is 31.6 Å². The van der Waals surface area contributed by atoms with E-state index in [-0.39, 0.29) is 19.0 Å². The van der Waals surface area contributed by atoms with Crippen LogP contribution in [0.5, 0.6) is 11.5 Å². The second-order valence-electron chi connectivity index (χ2n) is 4.68. The molecule has 1 aromatic heterocycles. The molecule has 10 heteroatoms. The number of benzene rings is 1. The second-order valence-corrected chi connectivity index (χ2v) is 5.53. The van der Waals surface area contributed by atoms with Crippen molar-refractivity contribution < 1.29 is 24.2 Å². The van der Waals surface area contributed by atoms with E-state index in [9.17, 15) is 9.59 Å². The molecular formula is C14H15BrN4O5. The van der Waals surface area contributed by atoms with Crippen LogP contribution in [0.3, 0.4) is 0 Å². The molecule has 2 N–H and O–H groups in total. The fraction of sp³-hybridized carbons (Fsp3) is 0.286. The zero-order valence-corrected chi connectivity index (χ0v) is 14.5.